The third kappa shape index (κ3) is 3.08. The molecular weight excluding hydrogens is 206 g/mol. The summed E-state index contributed by atoms with van der Waals surface area (Å²) in [6.07, 6.45) is 1.29. The van der Waals surface area contributed by atoms with Crippen LogP contribution in [0, 0.1) is 10.1 Å². The second kappa shape index (κ2) is 4.64. The van der Waals surface area contributed by atoms with E-state index in [1.54, 1.807) is 6.07 Å². The maximum Gasteiger partial charge on any atom is 0.270 e. The van der Waals surface area contributed by atoms with Crippen LogP contribution in [-0.4, -0.2) is 13.7 Å². The van der Waals surface area contributed by atoms with Crippen molar-refractivity contribution < 1.29 is 13.7 Å². The summed E-state index contributed by atoms with van der Waals surface area (Å²) in [5, 5.41) is 11.3. The van der Waals surface area contributed by atoms with E-state index in [0.717, 1.165) is 5.41 Å². The van der Waals surface area contributed by atoms with E-state index < -0.39 is 16.0 Å². The summed E-state index contributed by atoms with van der Waals surface area (Å²) in [6, 6.07) is 5.71. The van der Waals surface area contributed by atoms with Crippen LogP contribution in [0.1, 0.15) is 5.56 Å². The van der Waals surface area contributed by atoms with Crippen molar-refractivity contribution in [2.24, 2.45) is 0 Å². The number of nitro groups is 1. The average molecular weight is 212 g/mol. The normalized spacial score (nSPS) is 12.9. The standard InChI is InChI=1S/C8H7NO4S/c10-9(11)8-3-1-2-7(6-8)4-5-14(12)13/h1-6H,(H,12,13)/p-1/b5-4+. The Morgan fingerprint density at radius 3 is 2.71 bits per heavy atom. The van der Waals surface area contributed by atoms with Crippen molar-refractivity contribution in [1.29, 1.82) is 0 Å². The smallest absolute Gasteiger partial charge is 0.270 e. The minimum Gasteiger partial charge on any atom is -0.769 e. The molecule has 0 radical (unpaired) electrons. The Balaban J connectivity index is 2.94. The summed E-state index contributed by atoms with van der Waals surface area (Å²) >= 11 is -2.28. The van der Waals surface area contributed by atoms with E-state index in [9.17, 15) is 18.9 Å². The molecule has 1 unspecified atom stereocenters. The monoisotopic (exact) mass is 212 g/mol. The maximum absolute atomic E-state index is 10.4. The summed E-state index contributed by atoms with van der Waals surface area (Å²) in [5.41, 5.74) is 0.409. The summed E-state index contributed by atoms with van der Waals surface area (Å²) in [6.45, 7) is 0. The van der Waals surface area contributed by atoms with Gasteiger partial charge in [-0.25, -0.2) is 0 Å². The highest BCUT2D eigenvalue weighted by molar-refractivity contribution is 7.82. The third-order valence-corrected chi connectivity index (χ3v) is 1.81. The van der Waals surface area contributed by atoms with E-state index in [4.69, 9.17) is 0 Å². The molecule has 1 rings (SSSR count). The molecular formula is C8H6NO4S-. The van der Waals surface area contributed by atoms with Crippen LogP contribution >= 0.6 is 0 Å². The van der Waals surface area contributed by atoms with Gasteiger partial charge in [-0.1, -0.05) is 12.1 Å². The minimum atomic E-state index is -2.28. The first-order chi connectivity index (χ1) is 6.59. The predicted molar refractivity (Wildman–Crippen MR) is 51.1 cm³/mol. The van der Waals surface area contributed by atoms with Crippen molar-refractivity contribution in [3.05, 3.63) is 45.4 Å². The molecule has 6 heteroatoms. The van der Waals surface area contributed by atoms with Crippen LogP contribution in [0.4, 0.5) is 5.69 Å². The van der Waals surface area contributed by atoms with E-state index >= 15 is 0 Å². The zero-order valence-electron chi connectivity index (χ0n) is 6.95. The molecule has 0 fully saturated rings. The zero-order chi connectivity index (χ0) is 10.6. The highest BCUT2D eigenvalue weighted by Gasteiger charge is 2.03. The molecule has 1 aromatic rings. The summed E-state index contributed by atoms with van der Waals surface area (Å²) in [4.78, 5) is 9.81. The molecule has 1 aromatic carbocycles. The van der Waals surface area contributed by atoms with E-state index in [-0.39, 0.29) is 5.69 Å². The zero-order valence-corrected chi connectivity index (χ0v) is 7.77. The van der Waals surface area contributed by atoms with Gasteiger partial charge in [0.2, 0.25) is 0 Å². The highest BCUT2D eigenvalue weighted by Crippen LogP contribution is 2.14. The Morgan fingerprint density at radius 2 is 2.14 bits per heavy atom. The molecule has 0 bridgehead atoms. The minimum absolute atomic E-state index is 0.0659. The lowest BCUT2D eigenvalue weighted by Crippen LogP contribution is -1.87. The van der Waals surface area contributed by atoms with Gasteiger partial charge in [0.15, 0.2) is 0 Å². The summed E-state index contributed by atoms with van der Waals surface area (Å²) < 4.78 is 20.3. The molecule has 0 aliphatic carbocycles. The average Bonchev–Trinajstić information content (AvgIpc) is 2.15. The number of benzene rings is 1. The molecule has 0 saturated heterocycles. The lowest BCUT2D eigenvalue weighted by Gasteiger charge is -1.96. The van der Waals surface area contributed by atoms with Gasteiger partial charge in [-0.05, 0) is 28.1 Å². The predicted octanol–water partition coefficient (Wildman–Crippen LogP) is 1.44. The van der Waals surface area contributed by atoms with Crippen LogP contribution in [0.5, 0.6) is 0 Å². The quantitative estimate of drug-likeness (QED) is 0.431. The second-order valence-corrected chi connectivity index (χ2v) is 3.21. The lowest BCUT2D eigenvalue weighted by atomic mass is 10.2. The highest BCUT2D eigenvalue weighted by atomic mass is 32.2. The molecule has 0 aromatic heterocycles. The Hall–Kier alpha value is -1.53. The SMILES string of the molecule is O=[N+]([O-])c1cccc(/C=C/S(=O)[O-])c1. The van der Waals surface area contributed by atoms with Gasteiger partial charge in [-0.2, -0.15) is 0 Å². The fourth-order valence-corrected chi connectivity index (χ4v) is 1.14. The van der Waals surface area contributed by atoms with Crippen molar-refractivity contribution in [1.82, 2.24) is 0 Å². The Labute approximate surface area is 82.5 Å². The Morgan fingerprint density at radius 1 is 1.43 bits per heavy atom. The molecule has 0 amide bonds. The van der Waals surface area contributed by atoms with E-state index in [0.29, 0.717) is 5.56 Å². The van der Waals surface area contributed by atoms with Crippen LogP contribution in [0.15, 0.2) is 29.7 Å². The molecule has 0 spiro atoms. The van der Waals surface area contributed by atoms with Crippen molar-refractivity contribution >= 4 is 22.8 Å². The number of nitrogens with zero attached hydrogens (tertiary/aromatic N) is 1. The Kier molecular flexibility index (Phi) is 3.49. The van der Waals surface area contributed by atoms with Gasteiger partial charge in [0.25, 0.3) is 5.69 Å². The number of hydrogen-bond donors (Lipinski definition) is 0. The number of hydrogen-bond acceptors (Lipinski definition) is 4. The summed E-state index contributed by atoms with van der Waals surface area (Å²) in [5.74, 6) is 0. The fraction of sp³-hybridized carbons (Fsp3) is 0. The summed E-state index contributed by atoms with van der Waals surface area (Å²) in [7, 11) is 0. The second-order valence-electron chi connectivity index (χ2n) is 2.42. The maximum atomic E-state index is 10.4. The Bertz CT molecular complexity index is 402. The molecule has 0 aliphatic rings. The molecule has 14 heavy (non-hydrogen) atoms. The number of rotatable bonds is 3. The van der Waals surface area contributed by atoms with Crippen LogP contribution in [0.3, 0.4) is 0 Å². The molecule has 5 nitrogen and oxygen atoms in total. The molecule has 1 atom stereocenters. The molecule has 0 N–H and O–H groups in total. The first-order valence-corrected chi connectivity index (χ1v) is 4.74. The van der Waals surface area contributed by atoms with Gasteiger partial charge in [-0.15, -0.1) is 0 Å². The molecule has 0 heterocycles. The molecule has 0 aliphatic heterocycles. The van der Waals surface area contributed by atoms with Gasteiger partial charge < -0.3 is 4.55 Å². The lowest BCUT2D eigenvalue weighted by molar-refractivity contribution is -0.384. The van der Waals surface area contributed by atoms with Crippen molar-refractivity contribution in [3.8, 4) is 0 Å². The number of non-ortho nitro benzene ring substituents is 1. The van der Waals surface area contributed by atoms with Crippen molar-refractivity contribution in [2.45, 2.75) is 0 Å². The van der Waals surface area contributed by atoms with Crippen LogP contribution in [0.2, 0.25) is 0 Å². The van der Waals surface area contributed by atoms with E-state index in [1.807, 2.05) is 0 Å². The van der Waals surface area contributed by atoms with Gasteiger partial charge in [-0.3, -0.25) is 14.3 Å². The first-order valence-electron chi connectivity index (χ1n) is 3.60. The largest absolute Gasteiger partial charge is 0.769 e. The van der Waals surface area contributed by atoms with E-state index in [1.165, 1.54) is 24.3 Å². The number of nitro benzene ring substituents is 1. The molecule has 0 saturated carbocycles. The first kappa shape index (κ1) is 10.6. The third-order valence-electron chi connectivity index (χ3n) is 1.45. The van der Waals surface area contributed by atoms with Crippen molar-refractivity contribution in [2.75, 3.05) is 0 Å². The van der Waals surface area contributed by atoms with Crippen LogP contribution < -0.4 is 0 Å². The van der Waals surface area contributed by atoms with Gasteiger partial charge >= 0.3 is 0 Å². The van der Waals surface area contributed by atoms with Gasteiger partial charge in [0.05, 0.1) is 4.92 Å². The van der Waals surface area contributed by atoms with Crippen LogP contribution in [-0.2, 0) is 11.1 Å². The van der Waals surface area contributed by atoms with E-state index in [2.05, 4.69) is 0 Å². The van der Waals surface area contributed by atoms with Crippen molar-refractivity contribution in [3.63, 3.8) is 0 Å². The van der Waals surface area contributed by atoms with Gasteiger partial charge in [0.1, 0.15) is 0 Å². The fourth-order valence-electron chi connectivity index (χ4n) is 0.876. The van der Waals surface area contributed by atoms with Gasteiger partial charge in [0, 0.05) is 12.1 Å². The van der Waals surface area contributed by atoms with Crippen LogP contribution in [0.25, 0.3) is 6.08 Å². The molecule has 74 valence electrons. The topological polar surface area (TPSA) is 83.3 Å².